The van der Waals surface area contributed by atoms with Crippen LogP contribution in [0.15, 0.2) is 12.7 Å². The summed E-state index contributed by atoms with van der Waals surface area (Å²) in [6.45, 7) is 4.80. The van der Waals surface area contributed by atoms with Gasteiger partial charge in [0.05, 0.1) is 10.4 Å². The number of nitrogens with two attached hydrogens (primary N) is 1. The van der Waals surface area contributed by atoms with E-state index in [-0.39, 0.29) is 27.6 Å². The number of rotatable bonds is 5. The highest BCUT2D eigenvalue weighted by Crippen LogP contribution is 2.32. The zero-order valence-electron chi connectivity index (χ0n) is 10.1. The molecule has 0 radical (unpaired) electrons. The van der Waals surface area contributed by atoms with Crippen LogP contribution in [0, 0.1) is 6.92 Å². The molecular formula is C11H12N2O5S. The summed E-state index contributed by atoms with van der Waals surface area (Å²) in [5, 5.41) is 11.3. The Kier molecular flexibility index (Phi) is 4.65. The van der Waals surface area contributed by atoms with Gasteiger partial charge in [0.15, 0.2) is 0 Å². The van der Waals surface area contributed by atoms with Gasteiger partial charge in [-0.2, -0.15) is 0 Å². The fourth-order valence-electron chi connectivity index (χ4n) is 1.36. The number of ether oxygens (including phenoxy) is 1. The summed E-state index contributed by atoms with van der Waals surface area (Å²) >= 11 is 0.791. The van der Waals surface area contributed by atoms with Gasteiger partial charge < -0.3 is 15.6 Å². The summed E-state index contributed by atoms with van der Waals surface area (Å²) in [6, 6.07) is 0. The second-order valence-electron chi connectivity index (χ2n) is 3.44. The lowest BCUT2D eigenvalue weighted by Gasteiger charge is -2.04. The number of carboxylic acid groups (broad SMARTS) is 1. The maximum atomic E-state index is 11.4. The molecule has 1 heterocycles. The number of hydrogen-bond donors (Lipinski definition) is 3. The molecule has 19 heavy (non-hydrogen) atoms. The van der Waals surface area contributed by atoms with Crippen LogP contribution < -0.4 is 11.1 Å². The summed E-state index contributed by atoms with van der Waals surface area (Å²) in [6.07, 6.45) is 0.534. The van der Waals surface area contributed by atoms with E-state index in [1.165, 1.54) is 13.0 Å². The van der Waals surface area contributed by atoms with Crippen molar-refractivity contribution in [3.63, 3.8) is 0 Å². The van der Waals surface area contributed by atoms with Crippen LogP contribution in [0.3, 0.4) is 0 Å². The Morgan fingerprint density at radius 3 is 2.63 bits per heavy atom. The summed E-state index contributed by atoms with van der Waals surface area (Å²) in [4.78, 5) is 33.7. The van der Waals surface area contributed by atoms with Gasteiger partial charge in [0.1, 0.15) is 11.6 Å². The number of amides is 2. The van der Waals surface area contributed by atoms with Crippen molar-refractivity contribution in [2.45, 2.75) is 6.92 Å². The van der Waals surface area contributed by atoms with Gasteiger partial charge in [-0.15, -0.1) is 11.3 Å². The number of carboxylic acids is 1. The van der Waals surface area contributed by atoms with Gasteiger partial charge in [0, 0.05) is 0 Å². The second-order valence-corrected chi connectivity index (χ2v) is 4.46. The first-order chi connectivity index (χ1) is 8.88. The lowest BCUT2D eigenvalue weighted by atomic mass is 10.1. The Bertz CT molecular complexity index is 550. The van der Waals surface area contributed by atoms with E-state index in [4.69, 9.17) is 10.8 Å². The van der Waals surface area contributed by atoms with E-state index in [0.29, 0.717) is 0 Å². The van der Waals surface area contributed by atoms with Crippen LogP contribution in [0.4, 0.5) is 9.80 Å². The van der Waals surface area contributed by atoms with Crippen molar-refractivity contribution < 1.29 is 24.2 Å². The molecule has 0 aliphatic heterocycles. The van der Waals surface area contributed by atoms with E-state index in [2.05, 4.69) is 16.6 Å². The van der Waals surface area contributed by atoms with E-state index >= 15 is 0 Å². The normalized spacial score (nSPS) is 9.74. The minimum Gasteiger partial charge on any atom is -0.478 e. The molecule has 0 bridgehead atoms. The first-order valence-electron chi connectivity index (χ1n) is 5.09. The number of carbonyl (C=O) groups excluding carboxylic acids is 2. The van der Waals surface area contributed by atoms with Crippen LogP contribution in [-0.4, -0.2) is 29.7 Å². The molecule has 0 saturated carbocycles. The van der Waals surface area contributed by atoms with Crippen LogP contribution in [0.2, 0.25) is 0 Å². The molecule has 8 heteroatoms. The average Bonchev–Trinajstić information content (AvgIpc) is 2.63. The fourth-order valence-corrected chi connectivity index (χ4v) is 2.39. The van der Waals surface area contributed by atoms with Crippen LogP contribution >= 0.6 is 11.3 Å². The van der Waals surface area contributed by atoms with Crippen molar-refractivity contribution in [2.24, 2.45) is 5.73 Å². The minimum atomic E-state index is -1.26. The van der Waals surface area contributed by atoms with Crippen molar-refractivity contribution in [1.29, 1.82) is 0 Å². The summed E-state index contributed by atoms with van der Waals surface area (Å²) in [5.74, 6) is -2.02. The molecule has 7 nitrogen and oxygen atoms in total. The Hall–Kier alpha value is -2.35. The lowest BCUT2D eigenvalue weighted by Crippen LogP contribution is -2.15. The van der Waals surface area contributed by atoms with E-state index in [1.807, 2.05) is 0 Å². The maximum Gasteiger partial charge on any atom is 0.412 e. The van der Waals surface area contributed by atoms with Crippen molar-refractivity contribution >= 4 is 34.3 Å². The smallest absolute Gasteiger partial charge is 0.412 e. The second kappa shape index (κ2) is 6.01. The third kappa shape index (κ3) is 3.32. The topological polar surface area (TPSA) is 119 Å². The van der Waals surface area contributed by atoms with Crippen LogP contribution in [0.25, 0.3) is 0 Å². The fraction of sp³-hybridized carbons (Fsp3) is 0.182. The summed E-state index contributed by atoms with van der Waals surface area (Å²) < 4.78 is 4.67. The highest BCUT2D eigenvalue weighted by molar-refractivity contribution is 7.18. The van der Waals surface area contributed by atoms with Gasteiger partial charge in [-0.3, -0.25) is 10.1 Å². The average molecular weight is 284 g/mol. The molecule has 0 saturated heterocycles. The van der Waals surface area contributed by atoms with Crippen molar-refractivity contribution in [3.05, 3.63) is 28.7 Å². The largest absolute Gasteiger partial charge is 0.478 e. The Labute approximate surface area is 112 Å². The first-order valence-corrected chi connectivity index (χ1v) is 5.91. The van der Waals surface area contributed by atoms with Crippen molar-refractivity contribution in [1.82, 2.24) is 0 Å². The number of nitrogens with one attached hydrogen (secondary N) is 1. The molecule has 1 aromatic rings. The highest BCUT2D eigenvalue weighted by Gasteiger charge is 2.24. The van der Waals surface area contributed by atoms with Gasteiger partial charge in [-0.25, -0.2) is 9.59 Å². The van der Waals surface area contributed by atoms with E-state index < -0.39 is 18.0 Å². The monoisotopic (exact) mass is 284 g/mol. The molecule has 4 N–H and O–H groups in total. The zero-order valence-corrected chi connectivity index (χ0v) is 10.9. The standard InChI is InChI=1S/C11H12N2O5S/c1-3-4-18-11(17)13-9-6(10(15)16)5(2)7(19-9)8(12)14/h3H,1,4H2,2H3,(H2,12,14)(H,13,17)(H,15,16). The molecule has 0 aromatic carbocycles. The van der Waals surface area contributed by atoms with Crippen molar-refractivity contribution in [2.75, 3.05) is 11.9 Å². The molecule has 1 aromatic heterocycles. The number of thiophene rings is 1. The number of hydrogen-bond acceptors (Lipinski definition) is 5. The number of carbonyl (C=O) groups is 3. The molecule has 0 unspecified atom stereocenters. The molecule has 2 amide bonds. The van der Waals surface area contributed by atoms with Gasteiger partial charge in [-0.1, -0.05) is 12.7 Å². The maximum absolute atomic E-state index is 11.4. The van der Waals surface area contributed by atoms with Gasteiger partial charge in [0.2, 0.25) is 0 Å². The molecule has 1 rings (SSSR count). The molecule has 0 aliphatic carbocycles. The quantitative estimate of drug-likeness (QED) is 0.709. The van der Waals surface area contributed by atoms with E-state index in [0.717, 1.165) is 11.3 Å². The highest BCUT2D eigenvalue weighted by atomic mass is 32.1. The molecular weight excluding hydrogens is 272 g/mol. The Balaban J connectivity index is 3.09. The first kappa shape index (κ1) is 14.7. The Morgan fingerprint density at radius 2 is 2.16 bits per heavy atom. The predicted octanol–water partition coefficient (Wildman–Crippen LogP) is 1.59. The Morgan fingerprint density at radius 1 is 1.53 bits per heavy atom. The molecule has 0 spiro atoms. The lowest BCUT2D eigenvalue weighted by molar-refractivity contribution is 0.0698. The SMILES string of the molecule is C=CCOC(=O)Nc1sc(C(N)=O)c(C)c1C(=O)O. The van der Waals surface area contributed by atoms with Crippen molar-refractivity contribution in [3.8, 4) is 0 Å². The van der Waals surface area contributed by atoms with Gasteiger partial charge >= 0.3 is 12.1 Å². The summed E-state index contributed by atoms with van der Waals surface area (Å²) in [7, 11) is 0. The van der Waals surface area contributed by atoms with Crippen LogP contribution in [0.5, 0.6) is 0 Å². The van der Waals surface area contributed by atoms with E-state index in [9.17, 15) is 14.4 Å². The van der Waals surface area contributed by atoms with Gasteiger partial charge in [0.25, 0.3) is 5.91 Å². The van der Waals surface area contributed by atoms with Gasteiger partial charge in [-0.05, 0) is 12.5 Å². The predicted molar refractivity (Wildman–Crippen MR) is 69.7 cm³/mol. The number of aromatic carboxylic acids is 1. The third-order valence-electron chi connectivity index (χ3n) is 2.13. The minimum absolute atomic E-state index is 0.00728. The van der Waals surface area contributed by atoms with Crippen LogP contribution in [0.1, 0.15) is 25.6 Å². The van der Waals surface area contributed by atoms with Crippen LogP contribution in [-0.2, 0) is 4.74 Å². The number of primary amides is 1. The molecule has 0 fully saturated rings. The van der Waals surface area contributed by atoms with E-state index in [1.54, 1.807) is 0 Å². The molecule has 102 valence electrons. The summed E-state index contributed by atoms with van der Waals surface area (Å²) in [5.41, 5.74) is 5.17. The third-order valence-corrected chi connectivity index (χ3v) is 3.35. The number of anilines is 1. The zero-order chi connectivity index (χ0) is 14.6. The molecule has 0 aliphatic rings. The molecule has 0 atom stereocenters.